The van der Waals surface area contributed by atoms with Gasteiger partial charge in [0.1, 0.15) is 11.5 Å². The Hall–Kier alpha value is -2.56. The molecule has 0 atom stereocenters. The molecule has 4 rings (SSSR count). The minimum atomic E-state index is 0.707. The van der Waals surface area contributed by atoms with Crippen molar-refractivity contribution in [3.8, 4) is 22.6 Å². The quantitative estimate of drug-likeness (QED) is 0.111. The molecule has 0 aromatic heterocycles. The lowest BCUT2D eigenvalue weighted by atomic mass is 10.0. The number of aryl methyl sites for hydroxylation is 2. The summed E-state index contributed by atoms with van der Waals surface area (Å²) in [5, 5.41) is 1.51. The van der Waals surface area contributed by atoms with Crippen LogP contribution in [-0.4, -0.2) is 13.2 Å². The SMILES string of the molecule is BrCc1cc(-c2ccc(OCCCc3ccccc3)c(CBr)c2)ccc1OCCCc1ccccc1. The van der Waals surface area contributed by atoms with Crippen LogP contribution in [0.3, 0.4) is 0 Å². The average Bonchev–Trinajstić information content (AvgIpc) is 2.94. The van der Waals surface area contributed by atoms with Gasteiger partial charge in [0.05, 0.1) is 13.2 Å². The zero-order chi connectivity index (χ0) is 25.0. The van der Waals surface area contributed by atoms with Gasteiger partial charge in [-0.1, -0.05) is 105 Å². The monoisotopic (exact) mass is 606 g/mol. The van der Waals surface area contributed by atoms with Crippen LogP contribution in [0.2, 0.25) is 0 Å². The van der Waals surface area contributed by atoms with Crippen LogP contribution in [-0.2, 0) is 23.5 Å². The third-order valence-corrected chi connectivity index (χ3v) is 7.37. The molecule has 0 aliphatic carbocycles. The number of alkyl halides is 2. The molecule has 0 bridgehead atoms. The molecule has 0 fully saturated rings. The van der Waals surface area contributed by atoms with Crippen LogP contribution in [0, 0.1) is 0 Å². The number of benzene rings is 4. The van der Waals surface area contributed by atoms with Crippen molar-refractivity contribution in [3.63, 3.8) is 0 Å². The summed E-state index contributed by atoms with van der Waals surface area (Å²) in [5.41, 5.74) is 7.38. The summed E-state index contributed by atoms with van der Waals surface area (Å²) in [6.07, 6.45) is 4.04. The normalized spacial score (nSPS) is 10.8. The lowest BCUT2D eigenvalue weighted by Gasteiger charge is -2.14. The molecule has 0 heterocycles. The maximum Gasteiger partial charge on any atom is 0.123 e. The molecule has 4 heteroatoms. The molecule has 0 unspecified atom stereocenters. The molecule has 36 heavy (non-hydrogen) atoms. The Morgan fingerprint density at radius 3 is 1.31 bits per heavy atom. The van der Waals surface area contributed by atoms with Gasteiger partial charge in [-0.3, -0.25) is 0 Å². The summed E-state index contributed by atoms with van der Waals surface area (Å²) in [7, 11) is 0. The maximum atomic E-state index is 6.13. The molecule has 0 aliphatic heterocycles. The van der Waals surface area contributed by atoms with Crippen molar-refractivity contribution in [3.05, 3.63) is 119 Å². The molecule has 0 saturated carbocycles. The van der Waals surface area contributed by atoms with E-state index in [1.807, 2.05) is 0 Å². The second kappa shape index (κ2) is 14.2. The van der Waals surface area contributed by atoms with E-state index in [9.17, 15) is 0 Å². The first-order chi connectivity index (χ1) is 17.8. The topological polar surface area (TPSA) is 18.5 Å². The van der Waals surface area contributed by atoms with Crippen molar-refractivity contribution in [2.24, 2.45) is 0 Å². The number of ether oxygens (including phenoxy) is 2. The molecule has 2 nitrogen and oxygen atoms in total. The molecule has 0 spiro atoms. The molecule has 0 saturated heterocycles. The van der Waals surface area contributed by atoms with Crippen LogP contribution in [0.5, 0.6) is 11.5 Å². The van der Waals surface area contributed by atoms with Crippen LogP contribution in [0.25, 0.3) is 11.1 Å². The van der Waals surface area contributed by atoms with Gasteiger partial charge in [0, 0.05) is 21.8 Å². The Labute approximate surface area is 231 Å². The van der Waals surface area contributed by atoms with Gasteiger partial charge in [-0.25, -0.2) is 0 Å². The van der Waals surface area contributed by atoms with Crippen molar-refractivity contribution in [2.45, 2.75) is 36.3 Å². The van der Waals surface area contributed by atoms with Gasteiger partial charge in [-0.05, 0) is 72.2 Å². The number of hydrogen-bond acceptors (Lipinski definition) is 2. The van der Waals surface area contributed by atoms with E-state index < -0.39 is 0 Å². The van der Waals surface area contributed by atoms with Gasteiger partial charge in [-0.15, -0.1) is 0 Å². The lowest BCUT2D eigenvalue weighted by molar-refractivity contribution is 0.308. The van der Waals surface area contributed by atoms with Gasteiger partial charge < -0.3 is 9.47 Å². The van der Waals surface area contributed by atoms with E-state index in [0.29, 0.717) is 13.2 Å². The first-order valence-corrected chi connectivity index (χ1v) is 14.7. The highest BCUT2D eigenvalue weighted by Gasteiger charge is 2.10. The predicted molar refractivity (Wildman–Crippen MR) is 158 cm³/mol. The highest BCUT2D eigenvalue weighted by molar-refractivity contribution is 9.08. The Balaban J connectivity index is 1.34. The minimum absolute atomic E-state index is 0.707. The zero-order valence-corrected chi connectivity index (χ0v) is 23.6. The second-order valence-electron chi connectivity index (χ2n) is 8.79. The predicted octanol–water partition coefficient (Wildman–Crippen LogP) is 9.17. The van der Waals surface area contributed by atoms with Crippen molar-refractivity contribution in [1.82, 2.24) is 0 Å². The minimum Gasteiger partial charge on any atom is -0.493 e. The summed E-state index contributed by atoms with van der Waals surface area (Å²) in [4.78, 5) is 0. The first-order valence-electron chi connectivity index (χ1n) is 12.5. The highest BCUT2D eigenvalue weighted by atomic mass is 79.9. The smallest absolute Gasteiger partial charge is 0.123 e. The van der Waals surface area contributed by atoms with Crippen molar-refractivity contribution < 1.29 is 9.47 Å². The largest absolute Gasteiger partial charge is 0.493 e. The summed E-state index contributed by atoms with van der Waals surface area (Å²) in [6, 6.07) is 34.0. The fourth-order valence-corrected chi connectivity index (χ4v) is 5.09. The van der Waals surface area contributed by atoms with E-state index >= 15 is 0 Å². The van der Waals surface area contributed by atoms with Crippen molar-refractivity contribution in [2.75, 3.05) is 13.2 Å². The molecule has 4 aromatic carbocycles. The van der Waals surface area contributed by atoms with Crippen molar-refractivity contribution >= 4 is 31.9 Å². The van der Waals surface area contributed by atoms with Gasteiger partial charge in [0.15, 0.2) is 0 Å². The first kappa shape index (κ1) is 26.5. The third kappa shape index (κ3) is 7.72. The lowest BCUT2D eigenvalue weighted by Crippen LogP contribution is -2.02. The molecular weight excluding hydrogens is 576 g/mol. The summed E-state index contributed by atoms with van der Waals surface area (Å²) < 4.78 is 12.3. The molecule has 0 radical (unpaired) electrons. The Morgan fingerprint density at radius 2 is 0.917 bits per heavy atom. The zero-order valence-electron chi connectivity index (χ0n) is 20.5. The number of halogens is 2. The Morgan fingerprint density at radius 1 is 0.500 bits per heavy atom. The van der Waals surface area contributed by atoms with E-state index in [0.717, 1.165) is 59.0 Å². The number of hydrogen-bond donors (Lipinski definition) is 0. The van der Waals surface area contributed by atoms with Crippen LogP contribution in [0.1, 0.15) is 35.1 Å². The van der Waals surface area contributed by atoms with Gasteiger partial charge in [-0.2, -0.15) is 0 Å². The van der Waals surface area contributed by atoms with Crippen molar-refractivity contribution in [1.29, 1.82) is 0 Å². The highest BCUT2D eigenvalue weighted by Crippen LogP contribution is 2.32. The fraction of sp³-hybridized carbons (Fsp3) is 0.250. The molecular formula is C32H32Br2O2. The van der Waals surface area contributed by atoms with Crippen LogP contribution < -0.4 is 9.47 Å². The van der Waals surface area contributed by atoms with Gasteiger partial charge >= 0.3 is 0 Å². The average molecular weight is 608 g/mol. The summed E-state index contributed by atoms with van der Waals surface area (Å²) in [6.45, 7) is 1.41. The van der Waals surface area contributed by atoms with Gasteiger partial charge in [0.25, 0.3) is 0 Å². The van der Waals surface area contributed by atoms with E-state index in [4.69, 9.17) is 9.47 Å². The molecule has 0 aliphatic rings. The van der Waals surface area contributed by atoms with E-state index in [1.54, 1.807) is 0 Å². The van der Waals surface area contributed by atoms with Crippen LogP contribution >= 0.6 is 31.9 Å². The Bertz CT molecular complexity index is 1110. The number of rotatable bonds is 13. The molecule has 4 aromatic rings. The summed E-state index contributed by atoms with van der Waals surface area (Å²) >= 11 is 7.29. The standard InChI is InChI=1S/C32H32Br2O2/c33-23-29-21-27(15-17-31(29)35-19-7-13-25-9-3-1-4-10-25)28-16-18-32(30(22-28)24-34)36-20-8-14-26-11-5-2-6-12-26/h1-6,9-12,15-18,21-22H,7-8,13-14,19-20,23-24H2. The van der Waals surface area contributed by atoms with E-state index in [-0.39, 0.29) is 0 Å². The second-order valence-corrected chi connectivity index (χ2v) is 9.91. The van der Waals surface area contributed by atoms with Crippen LogP contribution in [0.15, 0.2) is 97.1 Å². The van der Waals surface area contributed by atoms with Gasteiger partial charge in [0.2, 0.25) is 0 Å². The molecule has 0 N–H and O–H groups in total. The van der Waals surface area contributed by atoms with E-state index in [2.05, 4.69) is 129 Å². The summed E-state index contributed by atoms with van der Waals surface area (Å²) in [5.74, 6) is 1.89. The fourth-order valence-electron chi connectivity index (χ4n) is 4.21. The Kier molecular flexibility index (Phi) is 10.5. The van der Waals surface area contributed by atoms with E-state index in [1.165, 1.54) is 22.3 Å². The molecule has 0 amide bonds. The molecule has 186 valence electrons. The van der Waals surface area contributed by atoms with Crippen LogP contribution in [0.4, 0.5) is 0 Å². The third-order valence-electron chi connectivity index (χ3n) is 6.16. The maximum absolute atomic E-state index is 6.13.